The number of methoxy groups -OCH3 is 1. The van der Waals surface area contributed by atoms with Gasteiger partial charge in [0.2, 0.25) is 15.9 Å². The molecule has 0 unspecified atom stereocenters. The van der Waals surface area contributed by atoms with Crippen LogP contribution in [0, 0.1) is 5.82 Å². The standard InChI is InChI=1S/C19H23FN2O4S/c1-14(13-26-2)21-19(23)17(12-15-8-4-3-5-9-15)22-27(24,25)18-11-7-6-10-16(18)20/h3-11,14,17,22H,12-13H2,1-2H3,(H,21,23)/t14-,17-/m1/s1. The van der Waals surface area contributed by atoms with Crippen molar-refractivity contribution in [3.8, 4) is 0 Å². The first-order valence-corrected chi connectivity index (χ1v) is 9.92. The van der Waals surface area contributed by atoms with E-state index in [0.29, 0.717) is 0 Å². The van der Waals surface area contributed by atoms with Crippen molar-refractivity contribution in [2.24, 2.45) is 0 Å². The summed E-state index contributed by atoms with van der Waals surface area (Å²) < 4.78 is 46.5. The topological polar surface area (TPSA) is 84.5 Å². The fourth-order valence-electron chi connectivity index (χ4n) is 2.59. The van der Waals surface area contributed by atoms with Crippen LogP contribution in [-0.2, 0) is 26.0 Å². The number of ether oxygens (including phenoxy) is 1. The van der Waals surface area contributed by atoms with E-state index in [1.54, 1.807) is 31.2 Å². The number of halogens is 1. The minimum Gasteiger partial charge on any atom is -0.383 e. The van der Waals surface area contributed by atoms with Gasteiger partial charge in [-0.2, -0.15) is 4.72 Å². The lowest BCUT2D eigenvalue weighted by Gasteiger charge is -2.21. The Balaban J connectivity index is 2.26. The number of hydrogen-bond donors (Lipinski definition) is 2. The van der Waals surface area contributed by atoms with Crippen molar-refractivity contribution in [1.29, 1.82) is 0 Å². The first-order chi connectivity index (χ1) is 12.8. The second-order valence-electron chi connectivity index (χ2n) is 6.16. The third kappa shape index (κ3) is 6.13. The summed E-state index contributed by atoms with van der Waals surface area (Å²) in [5, 5.41) is 2.71. The SMILES string of the molecule is COC[C@@H](C)NC(=O)[C@@H](Cc1ccccc1)NS(=O)(=O)c1ccccc1F. The van der Waals surface area contributed by atoms with Crippen LogP contribution in [0.25, 0.3) is 0 Å². The van der Waals surface area contributed by atoms with Crippen molar-refractivity contribution in [1.82, 2.24) is 10.0 Å². The van der Waals surface area contributed by atoms with Gasteiger partial charge in [-0.05, 0) is 31.0 Å². The lowest BCUT2D eigenvalue weighted by Crippen LogP contribution is -2.50. The molecule has 6 nitrogen and oxygen atoms in total. The Hall–Kier alpha value is -2.29. The van der Waals surface area contributed by atoms with E-state index in [2.05, 4.69) is 10.0 Å². The largest absolute Gasteiger partial charge is 0.383 e. The van der Waals surface area contributed by atoms with Gasteiger partial charge in [-0.3, -0.25) is 4.79 Å². The zero-order chi connectivity index (χ0) is 19.9. The molecule has 0 aliphatic carbocycles. The van der Waals surface area contributed by atoms with E-state index in [0.717, 1.165) is 17.7 Å². The number of amides is 1. The van der Waals surface area contributed by atoms with Crippen molar-refractivity contribution in [2.75, 3.05) is 13.7 Å². The quantitative estimate of drug-likeness (QED) is 0.680. The molecule has 0 spiro atoms. The Morgan fingerprint density at radius 3 is 2.37 bits per heavy atom. The Morgan fingerprint density at radius 1 is 1.11 bits per heavy atom. The summed E-state index contributed by atoms with van der Waals surface area (Å²) in [6.07, 6.45) is 0.125. The molecular weight excluding hydrogens is 371 g/mol. The number of benzene rings is 2. The zero-order valence-electron chi connectivity index (χ0n) is 15.2. The number of sulfonamides is 1. The van der Waals surface area contributed by atoms with Gasteiger partial charge in [0, 0.05) is 13.2 Å². The first-order valence-electron chi connectivity index (χ1n) is 8.43. The molecule has 0 saturated carbocycles. The number of nitrogens with one attached hydrogen (secondary N) is 2. The monoisotopic (exact) mass is 394 g/mol. The molecule has 0 aliphatic heterocycles. The molecule has 2 atom stereocenters. The van der Waals surface area contributed by atoms with Crippen LogP contribution in [0.4, 0.5) is 4.39 Å². The predicted octanol–water partition coefficient (Wildman–Crippen LogP) is 1.87. The summed E-state index contributed by atoms with van der Waals surface area (Å²) in [5.41, 5.74) is 0.772. The molecule has 0 aromatic heterocycles. The molecule has 0 heterocycles. The van der Waals surface area contributed by atoms with Gasteiger partial charge in [0.15, 0.2) is 0 Å². The predicted molar refractivity (Wildman–Crippen MR) is 100 cm³/mol. The van der Waals surface area contributed by atoms with Gasteiger partial charge in [0.25, 0.3) is 0 Å². The molecule has 1 amide bonds. The highest BCUT2D eigenvalue weighted by Crippen LogP contribution is 2.15. The molecular formula is C19H23FN2O4S. The molecule has 0 fully saturated rings. The van der Waals surface area contributed by atoms with Crippen LogP contribution in [-0.4, -0.2) is 40.1 Å². The first kappa shape index (κ1) is 21.0. The average Bonchev–Trinajstić information content (AvgIpc) is 2.62. The van der Waals surface area contributed by atoms with E-state index < -0.39 is 32.7 Å². The van der Waals surface area contributed by atoms with E-state index in [1.165, 1.54) is 19.2 Å². The van der Waals surface area contributed by atoms with E-state index in [-0.39, 0.29) is 19.1 Å². The van der Waals surface area contributed by atoms with Crippen LogP contribution in [0.1, 0.15) is 12.5 Å². The van der Waals surface area contributed by atoms with E-state index in [9.17, 15) is 17.6 Å². The molecule has 2 rings (SSSR count). The minimum atomic E-state index is -4.22. The molecule has 27 heavy (non-hydrogen) atoms. The van der Waals surface area contributed by atoms with Crippen molar-refractivity contribution in [2.45, 2.75) is 30.3 Å². The summed E-state index contributed by atoms with van der Waals surface area (Å²) in [7, 11) is -2.72. The fourth-order valence-corrected chi connectivity index (χ4v) is 3.86. The fraction of sp³-hybridized carbons (Fsp3) is 0.316. The Bertz CT molecular complexity index is 859. The van der Waals surface area contributed by atoms with Crippen molar-refractivity contribution >= 4 is 15.9 Å². The van der Waals surface area contributed by atoms with Gasteiger partial charge in [-0.1, -0.05) is 42.5 Å². The van der Waals surface area contributed by atoms with Crippen LogP contribution in [0.5, 0.6) is 0 Å². The normalized spacial score (nSPS) is 13.7. The van der Waals surface area contributed by atoms with Crippen LogP contribution in [0.15, 0.2) is 59.5 Å². The number of rotatable bonds is 9. The molecule has 2 N–H and O–H groups in total. The van der Waals surface area contributed by atoms with Crippen molar-refractivity contribution in [3.05, 3.63) is 66.0 Å². The third-order valence-corrected chi connectivity index (χ3v) is 5.33. The second-order valence-corrected chi connectivity index (χ2v) is 7.84. The zero-order valence-corrected chi connectivity index (χ0v) is 16.0. The second kappa shape index (κ2) is 9.59. The molecule has 0 bridgehead atoms. The highest BCUT2D eigenvalue weighted by Gasteiger charge is 2.28. The van der Waals surface area contributed by atoms with E-state index >= 15 is 0 Å². The van der Waals surface area contributed by atoms with Crippen LogP contribution < -0.4 is 10.0 Å². The smallest absolute Gasteiger partial charge is 0.244 e. The minimum absolute atomic E-state index is 0.125. The Morgan fingerprint density at radius 2 is 1.74 bits per heavy atom. The summed E-state index contributed by atoms with van der Waals surface area (Å²) in [4.78, 5) is 12.1. The maximum absolute atomic E-state index is 13.9. The molecule has 0 saturated heterocycles. The van der Waals surface area contributed by atoms with Crippen molar-refractivity contribution < 1.29 is 22.3 Å². The summed E-state index contributed by atoms with van der Waals surface area (Å²) in [6.45, 7) is 2.02. The number of carbonyl (C=O) groups is 1. The van der Waals surface area contributed by atoms with Crippen molar-refractivity contribution in [3.63, 3.8) is 0 Å². The molecule has 8 heteroatoms. The highest BCUT2D eigenvalue weighted by molar-refractivity contribution is 7.89. The molecule has 2 aromatic carbocycles. The van der Waals surface area contributed by atoms with Gasteiger partial charge in [0.1, 0.15) is 16.8 Å². The maximum atomic E-state index is 13.9. The van der Waals surface area contributed by atoms with Crippen LogP contribution in [0.2, 0.25) is 0 Å². The van der Waals surface area contributed by atoms with Crippen LogP contribution >= 0.6 is 0 Å². The molecule has 2 aromatic rings. The molecule has 0 aliphatic rings. The van der Waals surface area contributed by atoms with Gasteiger partial charge < -0.3 is 10.1 Å². The maximum Gasteiger partial charge on any atom is 0.244 e. The summed E-state index contributed by atoms with van der Waals surface area (Å²) in [6, 6.07) is 12.6. The lowest BCUT2D eigenvalue weighted by molar-refractivity contribution is -0.123. The van der Waals surface area contributed by atoms with Crippen LogP contribution in [0.3, 0.4) is 0 Å². The molecule has 0 radical (unpaired) electrons. The highest BCUT2D eigenvalue weighted by atomic mass is 32.2. The molecule has 146 valence electrons. The number of hydrogen-bond acceptors (Lipinski definition) is 4. The average molecular weight is 394 g/mol. The number of carbonyl (C=O) groups excluding carboxylic acids is 1. The van der Waals surface area contributed by atoms with E-state index in [1.807, 2.05) is 6.07 Å². The Labute approximate surface area is 158 Å². The van der Waals surface area contributed by atoms with E-state index in [4.69, 9.17) is 4.74 Å². The van der Waals surface area contributed by atoms with Gasteiger partial charge in [-0.25, -0.2) is 12.8 Å². The third-order valence-electron chi connectivity index (χ3n) is 3.83. The van der Waals surface area contributed by atoms with Gasteiger partial charge >= 0.3 is 0 Å². The summed E-state index contributed by atoms with van der Waals surface area (Å²) in [5.74, 6) is -1.39. The van der Waals surface area contributed by atoms with Gasteiger partial charge in [-0.15, -0.1) is 0 Å². The van der Waals surface area contributed by atoms with Gasteiger partial charge in [0.05, 0.1) is 6.61 Å². The summed E-state index contributed by atoms with van der Waals surface area (Å²) >= 11 is 0. The Kier molecular flexibility index (Phi) is 7.46. The lowest BCUT2D eigenvalue weighted by atomic mass is 10.1.